The minimum Gasteiger partial charge on any atom is -0.397 e. The van der Waals surface area contributed by atoms with E-state index in [0.29, 0.717) is 29.5 Å². The number of aromatic nitrogens is 2. The van der Waals surface area contributed by atoms with Gasteiger partial charge in [-0.2, -0.15) is 0 Å². The number of anilines is 3. The number of ether oxygens (including phenoxy) is 1. The summed E-state index contributed by atoms with van der Waals surface area (Å²) >= 11 is 1.62. The molecule has 0 spiro atoms. The van der Waals surface area contributed by atoms with Gasteiger partial charge in [-0.05, 0) is 46.8 Å². The maximum Gasteiger partial charge on any atom is 0.258 e. The minimum atomic E-state index is -0.318. The zero-order valence-electron chi connectivity index (χ0n) is 22.2. The lowest BCUT2D eigenvalue weighted by molar-refractivity contribution is 0.102. The van der Waals surface area contributed by atoms with E-state index in [4.69, 9.17) is 10.5 Å². The molecule has 4 aromatic rings. The van der Waals surface area contributed by atoms with Crippen molar-refractivity contribution in [3.8, 4) is 10.4 Å². The van der Waals surface area contributed by atoms with Crippen LogP contribution in [0.1, 0.15) is 15.9 Å². The second-order valence-electron chi connectivity index (χ2n) is 9.46. The number of nitrogen functional groups attached to an aromatic ring is 1. The zero-order chi connectivity index (χ0) is 27.9. The molecule has 1 unspecified atom stereocenters. The van der Waals surface area contributed by atoms with E-state index >= 15 is 0 Å². The molecule has 1 aliphatic rings. The highest BCUT2D eigenvalue weighted by Gasteiger charge is 2.24. The summed E-state index contributed by atoms with van der Waals surface area (Å²) in [6.45, 7) is 3.63. The molecule has 2 aromatic heterocycles. The standard InChI is InChI=1S/C30H31FN6O2S/c1-39-20-25(10-6-21-4-8-24(31)9-5-21)36-12-14-37(15-13-36)30-33-18-23(19-34-30)29(38)35-27-17-22(7-11-26(27)32)28-3-2-16-40-28/h2-11,16-19,25H,12-15,20,32H2,1H3,(H,35,38). The quantitative estimate of drug-likeness (QED) is 0.278. The molecule has 0 radical (unpaired) electrons. The summed E-state index contributed by atoms with van der Waals surface area (Å²) in [5.41, 5.74) is 9.44. The number of amides is 1. The summed E-state index contributed by atoms with van der Waals surface area (Å²) < 4.78 is 18.7. The maximum absolute atomic E-state index is 13.2. The number of hydrogen-bond donors (Lipinski definition) is 2. The maximum atomic E-state index is 13.2. The number of methoxy groups -OCH3 is 1. The Kier molecular flexibility index (Phi) is 8.80. The number of rotatable bonds is 9. The van der Waals surface area contributed by atoms with Crippen LogP contribution in [0, 0.1) is 5.82 Å². The molecule has 3 heterocycles. The Morgan fingerprint density at radius 3 is 2.55 bits per heavy atom. The number of nitrogens with two attached hydrogens (primary N) is 1. The predicted octanol–water partition coefficient (Wildman–Crippen LogP) is 5.03. The molecule has 0 saturated carbocycles. The number of carbonyl (C=O) groups is 1. The van der Waals surface area contributed by atoms with Crippen molar-refractivity contribution in [3.05, 3.63) is 95.4 Å². The van der Waals surface area contributed by atoms with Crippen LogP contribution in [0.15, 0.2) is 78.4 Å². The Morgan fingerprint density at radius 1 is 1.12 bits per heavy atom. The van der Waals surface area contributed by atoms with Crippen molar-refractivity contribution in [2.24, 2.45) is 0 Å². The minimum absolute atomic E-state index is 0.0925. The number of hydrogen-bond acceptors (Lipinski definition) is 8. The van der Waals surface area contributed by atoms with Crippen LogP contribution < -0.4 is 16.0 Å². The van der Waals surface area contributed by atoms with Crippen molar-refractivity contribution in [1.29, 1.82) is 0 Å². The van der Waals surface area contributed by atoms with Crippen molar-refractivity contribution in [3.63, 3.8) is 0 Å². The molecule has 1 aliphatic heterocycles. The topological polar surface area (TPSA) is 96.6 Å². The first-order valence-electron chi connectivity index (χ1n) is 13.0. The number of nitrogens with zero attached hydrogens (tertiary/aromatic N) is 4. The van der Waals surface area contributed by atoms with Crippen LogP contribution in [0.2, 0.25) is 0 Å². The molecule has 2 aromatic carbocycles. The van der Waals surface area contributed by atoms with Crippen LogP contribution >= 0.6 is 11.3 Å². The summed E-state index contributed by atoms with van der Waals surface area (Å²) in [5, 5.41) is 4.90. The average molecular weight is 559 g/mol. The SMILES string of the molecule is COCC(C=Cc1ccc(F)cc1)N1CCN(c2ncc(C(=O)Nc3cc(-c4cccs4)ccc3N)cn2)CC1. The molecule has 1 amide bonds. The van der Waals surface area contributed by atoms with Gasteiger partial charge in [0.25, 0.3) is 5.91 Å². The lowest BCUT2D eigenvalue weighted by Crippen LogP contribution is -2.51. The van der Waals surface area contributed by atoms with E-state index in [1.807, 2.05) is 35.7 Å². The lowest BCUT2D eigenvalue weighted by atomic mass is 10.1. The van der Waals surface area contributed by atoms with Gasteiger partial charge >= 0.3 is 0 Å². The van der Waals surface area contributed by atoms with Crippen molar-refractivity contribution in [1.82, 2.24) is 14.9 Å². The highest BCUT2D eigenvalue weighted by molar-refractivity contribution is 7.13. The van der Waals surface area contributed by atoms with Crippen molar-refractivity contribution >= 4 is 40.6 Å². The summed E-state index contributed by atoms with van der Waals surface area (Å²) in [7, 11) is 1.69. The first-order valence-corrected chi connectivity index (χ1v) is 13.9. The molecule has 40 heavy (non-hydrogen) atoms. The number of nitrogens with one attached hydrogen (secondary N) is 1. The van der Waals surface area contributed by atoms with E-state index in [2.05, 4.69) is 31.2 Å². The molecule has 10 heteroatoms. The van der Waals surface area contributed by atoms with Gasteiger partial charge in [-0.15, -0.1) is 11.3 Å². The van der Waals surface area contributed by atoms with Gasteiger partial charge < -0.3 is 20.7 Å². The third-order valence-corrected chi connectivity index (χ3v) is 7.71. The Morgan fingerprint density at radius 2 is 1.88 bits per heavy atom. The molecule has 0 aliphatic carbocycles. The molecule has 8 nitrogen and oxygen atoms in total. The molecule has 5 rings (SSSR count). The smallest absolute Gasteiger partial charge is 0.258 e. The highest BCUT2D eigenvalue weighted by atomic mass is 32.1. The third kappa shape index (κ3) is 6.71. The van der Waals surface area contributed by atoms with Gasteiger partial charge in [-0.1, -0.05) is 36.4 Å². The van der Waals surface area contributed by atoms with Crippen LogP contribution in [-0.4, -0.2) is 66.7 Å². The van der Waals surface area contributed by atoms with Crippen LogP contribution in [0.25, 0.3) is 16.5 Å². The van der Waals surface area contributed by atoms with Crippen molar-refractivity contribution in [2.45, 2.75) is 6.04 Å². The molecule has 3 N–H and O–H groups in total. The van der Waals surface area contributed by atoms with Crippen LogP contribution in [0.3, 0.4) is 0 Å². The van der Waals surface area contributed by atoms with Gasteiger partial charge in [0.05, 0.1) is 29.6 Å². The molecule has 206 valence electrons. The lowest BCUT2D eigenvalue weighted by Gasteiger charge is -2.38. The van der Waals surface area contributed by atoms with E-state index < -0.39 is 0 Å². The predicted molar refractivity (Wildman–Crippen MR) is 159 cm³/mol. The number of piperazine rings is 1. The van der Waals surface area contributed by atoms with E-state index in [1.54, 1.807) is 49.0 Å². The van der Waals surface area contributed by atoms with E-state index in [9.17, 15) is 9.18 Å². The van der Waals surface area contributed by atoms with Gasteiger partial charge in [-0.3, -0.25) is 9.69 Å². The molecular formula is C30H31FN6O2S. The third-order valence-electron chi connectivity index (χ3n) is 6.79. The summed E-state index contributed by atoms with van der Waals surface area (Å²) in [6, 6.07) is 16.1. The Hall–Kier alpha value is -4.12. The number of thiophene rings is 1. The first kappa shape index (κ1) is 27.4. The van der Waals surface area contributed by atoms with E-state index in [0.717, 1.165) is 42.2 Å². The van der Waals surface area contributed by atoms with Gasteiger partial charge in [0.2, 0.25) is 5.95 Å². The monoisotopic (exact) mass is 558 g/mol. The van der Waals surface area contributed by atoms with Gasteiger partial charge in [0.1, 0.15) is 5.82 Å². The molecule has 1 atom stereocenters. The summed E-state index contributed by atoms with van der Waals surface area (Å²) in [5.74, 6) is 0.0178. The van der Waals surface area contributed by atoms with Gasteiger partial charge in [0.15, 0.2) is 0 Å². The fraction of sp³-hybridized carbons (Fsp3) is 0.233. The number of benzene rings is 2. The van der Waals surface area contributed by atoms with Crippen LogP contribution in [-0.2, 0) is 4.74 Å². The van der Waals surface area contributed by atoms with Crippen LogP contribution in [0.5, 0.6) is 0 Å². The second kappa shape index (κ2) is 12.8. The first-order chi connectivity index (χ1) is 19.5. The van der Waals surface area contributed by atoms with Crippen LogP contribution in [0.4, 0.5) is 21.7 Å². The largest absolute Gasteiger partial charge is 0.397 e. The Labute approximate surface area is 236 Å². The summed E-state index contributed by atoms with van der Waals surface area (Å²) in [6.07, 6.45) is 7.18. The number of halogens is 1. The normalized spacial score (nSPS) is 14.9. The Balaban J connectivity index is 1.18. The molecule has 1 fully saturated rings. The second-order valence-corrected chi connectivity index (χ2v) is 10.4. The fourth-order valence-corrected chi connectivity index (χ4v) is 5.28. The zero-order valence-corrected chi connectivity index (χ0v) is 23.0. The van der Waals surface area contributed by atoms with E-state index in [1.165, 1.54) is 12.1 Å². The number of carbonyl (C=O) groups excluding carboxylic acids is 1. The van der Waals surface area contributed by atoms with Crippen molar-refractivity contribution in [2.75, 3.05) is 55.8 Å². The summed E-state index contributed by atoms with van der Waals surface area (Å²) in [4.78, 5) is 27.4. The average Bonchev–Trinajstić information content (AvgIpc) is 3.53. The van der Waals surface area contributed by atoms with E-state index in [-0.39, 0.29) is 17.8 Å². The van der Waals surface area contributed by atoms with Crippen molar-refractivity contribution < 1.29 is 13.9 Å². The fourth-order valence-electron chi connectivity index (χ4n) is 4.56. The van der Waals surface area contributed by atoms with Gasteiger partial charge in [0, 0.05) is 50.6 Å². The highest BCUT2D eigenvalue weighted by Crippen LogP contribution is 2.30. The molecular weight excluding hydrogens is 527 g/mol. The Bertz CT molecular complexity index is 1440. The van der Waals surface area contributed by atoms with Gasteiger partial charge in [-0.25, -0.2) is 14.4 Å². The molecule has 1 saturated heterocycles. The molecule has 0 bridgehead atoms.